The van der Waals surface area contributed by atoms with E-state index in [1.807, 2.05) is 36.4 Å². The van der Waals surface area contributed by atoms with Crippen LogP contribution in [-0.2, 0) is 4.74 Å². The molecule has 0 bridgehead atoms. The number of benzene rings is 1. The summed E-state index contributed by atoms with van der Waals surface area (Å²) in [6.45, 7) is 1.38. The number of nitrogens with one attached hydrogen (secondary N) is 2. The molecule has 2 N–H and O–H groups in total. The molecule has 1 fully saturated rings. The van der Waals surface area contributed by atoms with Gasteiger partial charge in [-0.25, -0.2) is 9.97 Å². The minimum atomic E-state index is 0.528. The number of rotatable bonds is 7. The first-order chi connectivity index (χ1) is 11.3. The second-order valence-corrected chi connectivity index (χ2v) is 5.87. The van der Waals surface area contributed by atoms with E-state index < -0.39 is 0 Å². The Morgan fingerprint density at radius 2 is 1.83 bits per heavy atom. The quantitative estimate of drug-likeness (QED) is 0.766. The van der Waals surface area contributed by atoms with Gasteiger partial charge in [0.15, 0.2) is 5.82 Å². The fourth-order valence-corrected chi connectivity index (χ4v) is 2.89. The highest BCUT2D eigenvalue weighted by molar-refractivity contribution is 5.61. The largest absolute Gasteiger partial charge is 0.383 e. The van der Waals surface area contributed by atoms with Gasteiger partial charge in [0.1, 0.15) is 11.6 Å². The van der Waals surface area contributed by atoms with Gasteiger partial charge >= 0.3 is 0 Å². The molecule has 122 valence electrons. The molecule has 0 saturated heterocycles. The molecule has 1 heterocycles. The van der Waals surface area contributed by atoms with Crippen LogP contribution in [0.2, 0.25) is 0 Å². The summed E-state index contributed by atoms with van der Waals surface area (Å²) in [6.07, 6.45) is 5.04. The number of hydrogen-bond donors (Lipinski definition) is 2. The molecule has 0 aliphatic heterocycles. The van der Waals surface area contributed by atoms with E-state index in [0.717, 1.165) is 29.6 Å². The van der Waals surface area contributed by atoms with Crippen LogP contribution >= 0.6 is 0 Å². The van der Waals surface area contributed by atoms with Crippen molar-refractivity contribution in [3.63, 3.8) is 0 Å². The first kappa shape index (κ1) is 15.7. The number of methoxy groups -OCH3 is 1. The van der Waals surface area contributed by atoms with E-state index in [4.69, 9.17) is 9.72 Å². The molecule has 0 atom stereocenters. The van der Waals surface area contributed by atoms with Crippen LogP contribution in [0.15, 0.2) is 36.4 Å². The molecule has 23 heavy (non-hydrogen) atoms. The number of aromatic nitrogens is 2. The molecule has 1 aliphatic carbocycles. The van der Waals surface area contributed by atoms with Crippen LogP contribution in [0, 0.1) is 0 Å². The van der Waals surface area contributed by atoms with E-state index in [1.54, 1.807) is 7.11 Å². The minimum absolute atomic E-state index is 0.528. The zero-order chi connectivity index (χ0) is 15.9. The molecule has 3 rings (SSSR count). The van der Waals surface area contributed by atoms with Gasteiger partial charge in [-0.1, -0.05) is 43.2 Å². The lowest BCUT2D eigenvalue weighted by Gasteiger charge is -2.15. The third kappa shape index (κ3) is 4.42. The molecule has 5 heteroatoms. The zero-order valence-corrected chi connectivity index (χ0v) is 13.6. The molecule has 2 aromatic rings. The average molecular weight is 312 g/mol. The van der Waals surface area contributed by atoms with Gasteiger partial charge in [-0.3, -0.25) is 0 Å². The highest BCUT2D eigenvalue weighted by atomic mass is 16.5. The van der Waals surface area contributed by atoms with E-state index >= 15 is 0 Å². The summed E-state index contributed by atoms with van der Waals surface area (Å²) in [6, 6.07) is 12.6. The molecular formula is C18H24N4O. The molecule has 0 spiro atoms. The van der Waals surface area contributed by atoms with Gasteiger partial charge in [0.2, 0.25) is 0 Å². The van der Waals surface area contributed by atoms with Gasteiger partial charge in [0.05, 0.1) is 6.61 Å². The Morgan fingerprint density at radius 1 is 1.09 bits per heavy atom. The van der Waals surface area contributed by atoms with E-state index in [-0.39, 0.29) is 0 Å². The Balaban J connectivity index is 1.83. The van der Waals surface area contributed by atoms with E-state index in [9.17, 15) is 0 Å². The van der Waals surface area contributed by atoms with Crippen molar-refractivity contribution in [2.75, 3.05) is 30.9 Å². The van der Waals surface area contributed by atoms with Crippen molar-refractivity contribution < 1.29 is 4.74 Å². The van der Waals surface area contributed by atoms with Crippen LogP contribution in [0.1, 0.15) is 25.7 Å². The summed E-state index contributed by atoms with van der Waals surface area (Å²) in [5.74, 6) is 2.47. The summed E-state index contributed by atoms with van der Waals surface area (Å²) in [7, 11) is 1.70. The topological polar surface area (TPSA) is 59.1 Å². The maximum absolute atomic E-state index is 5.09. The number of nitrogens with zero attached hydrogens (tertiary/aromatic N) is 2. The second kappa shape index (κ2) is 7.92. The molecule has 0 amide bonds. The van der Waals surface area contributed by atoms with Crippen molar-refractivity contribution in [1.82, 2.24) is 9.97 Å². The van der Waals surface area contributed by atoms with Crippen molar-refractivity contribution in [2.45, 2.75) is 31.7 Å². The van der Waals surface area contributed by atoms with Gasteiger partial charge in [-0.05, 0) is 12.8 Å². The smallest absolute Gasteiger partial charge is 0.163 e. The molecule has 1 aromatic heterocycles. The highest BCUT2D eigenvalue weighted by Crippen LogP contribution is 2.24. The zero-order valence-electron chi connectivity index (χ0n) is 13.6. The first-order valence-corrected chi connectivity index (χ1v) is 8.29. The fraction of sp³-hybridized carbons (Fsp3) is 0.444. The number of ether oxygens (including phenoxy) is 1. The van der Waals surface area contributed by atoms with Crippen LogP contribution in [0.25, 0.3) is 11.4 Å². The maximum Gasteiger partial charge on any atom is 0.163 e. The van der Waals surface area contributed by atoms with Gasteiger partial charge in [0, 0.05) is 31.3 Å². The van der Waals surface area contributed by atoms with Gasteiger partial charge in [0.25, 0.3) is 0 Å². The number of hydrogen-bond acceptors (Lipinski definition) is 5. The van der Waals surface area contributed by atoms with Crippen LogP contribution < -0.4 is 10.6 Å². The molecule has 1 aromatic carbocycles. The van der Waals surface area contributed by atoms with Crippen LogP contribution in [0.5, 0.6) is 0 Å². The lowest BCUT2D eigenvalue weighted by Crippen LogP contribution is -2.17. The van der Waals surface area contributed by atoms with E-state index in [0.29, 0.717) is 12.6 Å². The molecule has 0 unspecified atom stereocenters. The molecule has 1 saturated carbocycles. The first-order valence-electron chi connectivity index (χ1n) is 8.29. The van der Waals surface area contributed by atoms with Crippen molar-refractivity contribution in [3.05, 3.63) is 36.4 Å². The molecule has 0 radical (unpaired) electrons. The summed E-state index contributed by atoms with van der Waals surface area (Å²) in [4.78, 5) is 9.33. The molecular weight excluding hydrogens is 288 g/mol. The van der Waals surface area contributed by atoms with Crippen LogP contribution in [0.3, 0.4) is 0 Å². The third-order valence-electron chi connectivity index (χ3n) is 4.08. The maximum atomic E-state index is 5.09. The Hall–Kier alpha value is -2.14. The summed E-state index contributed by atoms with van der Waals surface area (Å²) in [5.41, 5.74) is 1.03. The fourth-order valence-electron chi connectivity index (χ4n) is 2.89. The van der Waals surface area contributed by atoms with Crippen molar-refractivity contribution in [3.8, 4) is 11.4 Å². The van der Waals surface area contributed by atoms with E-state index in [2.05, 4.69) is 15.6 Å². The SMILES string of the molecule is COCCNc1cc(NC2CCCC2)nc(-c2ccccc2)n1. The monoisotopic (exact) mass is 312 g/mol. The standard InChI is InChI=1S/C18H24N4O/c1-23-12-11-19-16-13-17(20-15-9-5-6-10-15)22-18(21-16)14-7-3-2-4-8-14/h2-4,7-8,13,15H,5-6,9-12H2,1H3,(H2,19,20,21,22). The lowest BCUT2D eigenvalue weighted by molar-refractivity contribution is 0.210. The van der Waals surface area contributed by atoms with Crippen molar-refractivity contribution in [1.29, 1.82) is 0 Å². The highest BCUT2D eigenvalue weighted by Gasteiger charge is 2.16. The minimum Gasteiger partial charge on any atom is -0.383 e. The normalized spacial score (nSPS) is 14.8. The predicted octanol–water partition coefficient (Wildman–Crippen LogP) is 3.56. The lowest BCUT2D eigenvalue weighted by atomic mass is 10.2. The Labute approximate surface area is 137 Å². The second-order valence-electron chi connectivity index (χ2n) is 5.87. The van der Waals surface area contributed by atoms with Gasteiger partial charge in [-0.2, -0.15) is 0 Å². The van der Waals surface area contributed by atoms with Crippen molar-refractivity contribution in [2.24, 2.45) is 0 Å². The van der Waals surface area contributed by atoms with E-state index in [1.165, 1.54) is 25.7 Å². The predicted molar refractivity (Wildman–Crippen MR) is 93.7 cm³/mol. The summed E-state index contributed by atoms with van der Waals surface area (Å²) < 4.78 is 5.09. The van der Waals surface area contributed by atoms with Gasteiger partial charge in [-0.15, -0.1) is 0 Å². The molecule has 5 nitrogen and oxygen atoms in total. The molecule has 1 aliphatic rings. The van der Waals surface area contributed by atoms with Gasteiger partial charge < -0.3 is 15.4 Å². The van der Waals surface area contributed by atoms with Crippen LogP contribution in [0.4, 0.5) is 11.6 Å². The summed E-state index contributed by atoms with van der Waals surface area (Å²) in [5, 5.41) is 6.86. The Bertz CT molecular complexity index is 612. The van der Waals surface area contributed by atoms with Crippen molar-refractivity contribution >= 4 is 11.6 Å². The number of anilines is 2. The van der Waals surface area contributed by atoms with Crippen LogP contribution in [-0.4, -0.2) is 36.3 Å². The summed E-state index contributed by atoms with van der Waals surface area (Å²) >= 11 is 0. The Kier molecular flexibility index (Phi) is 5.42. The Morgan fingerprint density at radius 3 is 2.57 bits per heavy atom. The average Bonchev–Trinajstić information content (AvgIpc) is 3.09. The third-order valence-corrected chi connectivity index (χ3v) is 4.08.